The molecule has 2 heterocycles. The number of carbonyl (C=O) groups is 1. The molecule has 1 amide bonds. The van der Waals surface area contributed by atoms with Crippen LogP contribution >= 0.6 is 0 Å². The van der Waals surface area contributed by atoms with E-state index in [1.807, 2.05) is 25.2 Å². The molecule has 1 aliphatic rings. The van der Waals surface area contributed by atoms with Gasteiger partial charge in [-0.25, -0.2) is 0 Å². The number of nitrogens with one attached hydrogen (secondary N) is 1. The first kappa shape index (κ1) is 15.0. The zero-order valence-corrected chi connectivity index (χ0v) is 12.8. The third-order valence-electron chi connectivity index (χ3n) is 4.33. The molecule has 1 fully saturated rings. The number of rotatable bonds is 4. The van der Waals surface area contributed by atoms with Crippen molar-refractivity contribution < 1.29 is 4.79 Å². The first-order valence-electron chi connectivity index (χ1n) is 7.60. The Labute approximate surface area is 121 Å². The van der Waals surface area contributed by atoms with Gasteiger partial charge in [-0.2, -0.15) is 5.10 Å². The van der Waals surface area contributed by atoms with Gasteiger partial charge in [0.1, 0.15) is 6.04 Å². The van der Waals surface area contributed by atoms with Crippen molar-refractivity contribution in [3.63, 3.8) is 0 Å². The van der Waals surface area contributed by atoms with E-state index < -0.39 is 0 Å². The molecular weight excluding hydrogens is 252 g/mol. The van der Waals surface area contributed by atoms with Gasteiger partial charge < -0.3 is 10.2 Å². The molecule has 1 aromatic heterocycles. The zero-order chi connectivity index (χ0) is 14.5. The SMILES string of the molecule is CCC1CCCN(C(=O)C(NC)c2cnn(C)c2)CC1. The van der Waals surface area contributed by atoms with Crippen LogP contribution in [0.15, 0.2) is 12.4 Å². The molecule has 0 saturated carbocycles. The lowest BCUT2D eigenvalue weighted by Gasteiger charge is -2.25. The Morgan fingerprint density at radius 2 is 2.30 bits per heavy atom. The van der Waals surface area contributed by atoms with Gasteiger partial charge in [-0.15, -0.1) is 0 Å². The number of hydrogen-bond donors (Lipinski definition) is 1. The highest BCUT2D eigenvalue weighted by atomic mass is 16.2. The van der Waals surface area contributed by atoms with E-state index in [2.05, 4.69) is 17.3 Å². The normalized spacial score (nSPS) is 21.6. The largest absolute Gasteiger partial charge is 0.341 e. The van der Waals surface area contributed by atoms with Crippen LogP contribution in [0.25, 0.3) is 0 Å². The first-order chi connectivity index (χ1) is 9.65. The van der Waals surface area contributed by atoms with Crippen LogP contribution in [-0.4, -0.2) is 40.7 Å². The van der Waals surface area contributed by atoms with E-state index >= 15 is 0 Å². The Morgan fingerprint density at radius 1 is 1.50 bits per heavy atom. The third-order valence-corrected chi connectivity index (χ3v) is 4.33. The molecule has 5 nitrogen and oxygen atoms in total. The van der Waals surface area contributed by atoms with Gasteiger partial charge in [-0.05, 0) is 32.2 Å². The van der Waals surface area contributed by atoms with E-state index in [0.29, 0.717) is 0 Å². The fourth-order valence-electron chi connectivity index (χ4n) is 3.00. The molecule has 5 heteroatoms. The topological polar surface area (TPSA) is 50.2 Å². The number of aromatic nitrogens is 2. The number of hydrogen-bond acceptors (Lipinski definition) is 3. The molecule has 2 atom stereocenters. The zero-order valence-electron chi connectivity index (χ0n) is 12.8. The van der Waals surface area contributed by atoms with E-state index in [0.717, 1.165) is 37.4 Å². The van der Waals surface area contributed by atoms with E-state index in [1.54, 1.807) is 10.9 Å². The summed E-state index contributed by atoms with van der Waals surface area (Å²) in [5, 5.41) is 7.29. The van der Waals surface area contributed by atoms with Gasteiger partial charge in [0.15, 0.2) is 0 Å². The summed E-state index contributed by atoms with van der Waals surface area (Å²) in [5.41, 5.74) is 0.941. The monoisotopic (exact) mass is 278 g/mol. The van der Waals surface area contributed by atoms with Crippen LogP contribution in [0.3, 0.4) is 0 Å². The maximum absolute atomic E-state index is 12.7. The van der Waals surface area contributed by atoms with Crippen molar-refractivity contribution in [3.8, 4) is 0 Å². The van der Waals surface area contributed by atoms with Crippen LogP contribution in [-0.2, 0) is 11.8 Å². The molecule has 0 radical (unpaired) electrons. The van der Waals surface area contributed by atoms with Gasteiger partial charge in [0.2, 0.25) is 5.91 Å². The minimum Gasteiger partial charge on any atom is -0.341 e. The van der Waals surface area contributed by atoms with Gasteiger partial charge >= 0.3 is 0 Å². The Balaban J connectivity index is 2.05. The number of carbonyl (C=O) groups excluding carboxylic acids is 1. The molecule has 1 saturated heterocycles. The van der Waals surface area contributed by atoms with Crippen LogP contribution < -0.4 is 5.32 Å². The molecule has 0 bridgehead atoms. The van der Waals surface area contributed by atoms with E-state index in [1.165, 1.54) is 12.8 Å². The van der Waals surface area contributed by atoms with E-state index in [9.17, 15) is 4.79 Å². The predicted molar refractivity (Wildman–Crippen MR) is 79.2 cm³/mol. The lowest BCUT2D eigenvalue weighted by Crippen LogP contribution is -2.40. The van der Waals surface area contributed by atoms with Crippen molar-refractivity contribution in [2.24, 2.45) is 13.0 Å². The second kappa shape index (κ2) is 6.88. The van der Waals surface area contributed by atoms with Crippen molar-refractivity contribution in [1.82, 2.24) is 20.0 Å². The molecule has 2 unspecified atom stereocenters. The number of likely N-dealkylation sites (N-methyl/N-ethyl adjacent to an activating group) is 1. The lowest BCUT2D eigenvalue weighted by atomic mass is 9.98. The second-order valence-electron chi connectivity index (χ2n) is 5.70. The highest BCUT2D eigenvalue weighted by Gasteiger charge is 2.27. The van der Waals surface area contributed by atoms with Gasteiger partial charge in [0.05, 0.1) is 6.20 Å². The summed E-state index contributed by atoms with van der Waals surface area (Å²) in [5.74, 6) is 0.955. The van der Waals surface area contributed by atoms with Crippen molar-refractivity contribution in [2.75, 3.05) is 20.1 Å². The predicted octanol–water partition coefficient (Wildman–Crippen LogP) is 1.72. The maximum Gasteiger partial charge on any atom is 0.244 e. The average Bonchev–Trinajstić information content (AvgIpc) is 2.74. The Bertz CT molecular complexity index is 443. The van der Waals surface area contributed by atoms with Crippen molar-refractivity contribution in [2.45, 2.75) is 38.6 Å². The van der Waals surface area contributed by atoms with Crippen LogP contribution in [0.4, 0.5) is 0 Å². The van der Waals surface area contributed by atoms with Crippen LogP contribution in [0, 0.1) is 5.92 Å². The summed E-state index contributed by atoms with van der Waals surface area (Å²) in [6.45, 7) is 4.01. The fraction of sp³-hybridized carbons (Fsp3) is 0.733. The van der Waals surface area contributed by atoms with Gasteiger partial charge in [0, 0.05) is 31.9 Å². The summed E-state index contributed by atoms with van der Waals surface area (Å²) >= 11 is 0. The van der Waals surface area contributed by atoms with Crippen LogP contribution in [0.2, 0.25) is 0 Å². The number of nitrogens with zero attached hydrogens (tertiary/aromatic N) is 3. The summed E-state index contributed by atoms with van der Waals surface area (Å²) < 4.78 is 1.74. The highest BCUT2D eigenvalue weighted by molar-refractivity contribution is 5.83. The maximum atomic E-state index is 12.7. The molecule has 2 rings (SSSR count). The Kier molecular flexibility index (Phi) is 5.17. The van der Waals surface area contributed by atoms with Crippen molar-refractivity contribution in [3.05, 3.63) is 18.0 Å². The standard InChI is InChI=1S/C15H26N4O/c1-4-12-6-5-8-19(9-7-12)15(20)14(16-2)13-10-17-18(3)11-13/h10-12,14,16H,4-9H2,1-3H3. The van der Waals surface area contributed by atoms with Gasteiger partial charge in [0.25, 0.3) is 0 Å². The first-order valence-corrected chi connectivity index (χ1v) is 7.60. The van der Waals surface area contributed by atoms with Crippen LogP contribution in [0.5, 0.6) is 0 Å². The summed E-state index contributed by atoms with van der Waals surface area (Å²) in [6, 6.07) is -0.276. The summed E-state index contributed by atoms with van der Waals surface area (Å²) in [4.78, 5) is 14.7. The quantitative estimate of drug-likeness (QED) is 0.912. The van der Waals surface area contributed by atoms with E-state index in [4.69, 9.17) is 0 Å². The fourth-order valence-corrected chi connectivity index (χ4v) is 3.00. The minimum atomic E-state index is -0.276. The smallest absolute Gasteiger partial charge is 0.244 e. The molecule has 0 spiro atoms. The summed E-state index contributed by atoms with van der Waals surface area (Å²) in [7, 11) is 3.71. The number of likely N-dealkylation sites (tertiary alicyclic amines) is 1. The molecule has 112 valence electrons. The van der Waals surface area contributed by atoms with Crippen LogP contribution in [0.1, 0.15) is 44.2 Å². The number of amides is 1. The van der Waals surface area contributed by atoms with Crippen molar-refractivity contribution in [1.29, 1.82) is 0 Å². The van der Waals surface area contributed by atoms with E-state index in [-0.39, 0.29) is 11.9 Å². The molecule has 0 aromatic carbocycles. The Hall–Kier alpha value is -1.36. The number of aryl methyl sites for hydroxylation is 1. The Morgan fingerprint density at radius 3 is 2.90 bits per heavy atom. The van der Waals surface area contributed by atoms with Crippen molar-refractivity contribution >= 4 is 5.91 Å². The molecule has 20 heavy (non-hydrogen) atoms. The third kappa shape index (κ3) is 3.39. The minimum absolute atomic E-state index is 0.178. The molecule has 1 aromatic rings. The molecular formula is C15H26N4O. The molecule has 0 aliphatic carbocycles. The lowest BCUT2D eigenvalue weighted by molar-refractivity contribution is -0.133. The van der Waals surface area contributed by atoms with Gasteiger partial charge in [-0.1, -0.05) is 13.3 Å². The summed E-state index contributed by atoms with van der Waals surface area (Å²) in [6.07, 6.45) is 8.40. The molecule has 1 N–H and O–H groups in total. The molecule has 1 aliphatic heterocycles. The highest BCUT2D eigenvalue weighted by Crippen LogP contribution is 2.23. The average molecular weight is 278 g/mol. The van der Waals surface area contributed by atoms with Gasteiger partial charge in [-0.3, -0.25) is 9.48 Å². The second-order valence-corrected chi connectivity index (χ2v) is 5.70.